The summed E-state index contributed by atoms with van der Waals surface area (Å²) < 4.78 is 0. The van der Waals surface area contributed by atoms with Gasteiger partial charge in [-0.15, -0.1) is 0 Å². The molecule has 4 rings (SSSR count). The molecule has 0 unspecified atom stereocenters. The Bertz CT molecular complexity index is 666. The molecular formula is C18H18NO3-. The molecule has 1 amide bonds. The number of hydrogen-bond donors (Lipinski definition) is 0. The Morgan fingerprint density at radius 1 is 1.05 bits per heavy atom. The van der Waals surface area contributed by atoms with Crippen LogP contribution < -0.4 is 5.11 Å². The molecule has 0 aromatic heterocycles. The van der Waals surface area contributed by atoms with E-state index < -0.39 is 17.8 Å². The van der Waals surface area contributed by atoms with Gasteiger partial charge < -0.3 is 14.8 Å². The number of rotatable bonds is 2. The molecule has 2 bridgehead atoms. The molecule has 4 heteroatoms. The van der Waals surface area contributed by atoms with Crippen LogP contribution in [0.2, 0.25) is 0 Å². The third-order valence-corrected chi connectivity index (χ3v) is 5.46. The van der Waals surface area contributed by atoms with Crippen LogP contribution in [0, 0.1) is 23.7 Å². The van der Waals surface area contributed by atoms with Gasteiger partial charge in [-0.05, 0) is 35.8 Å². The van der Waals surface area contributed by atoms with Crippen LogP contribution in [0.25, 0.3) is 0 Å². The highest BCUT2D eigenvalue weighted by molar-refractivity contribution is 5.86. The van der Waals surface area contributed by atoms with Crippen molar-refractivity contribution in [2.45, 2.75) is 19.4 Å². The summed E-state index contributed by atoms with van der Waals surface area (Å²) in [5, 5.41) is 11.5. The number of carboxylic acids is 1. The van der Waals surface area contributed by atoms with E-state index in [0.29, 0.717) is 13.1 Å². The highest BCUT2D eigenvalue weighted by atomic mass is 16.4. The van der Waals surface area contributed by atoms with Crippen molar-refractivity contribution in [1.82, 2.24) is 4.90 Å². The number of aliphatic carboxylic acids is 1. The maximum Gasteiger partial charge on any atom is 0.227 e. The normalized spacial score (nSPS) is 32.1. The number of benzene rings is 1. The smallest absolute Gasteiger partial charge is 0.227 e. The first kappa shape index (κ1) is 13.6. The van der Waals surface area contributed by atoms with Crippen LogP contribution in [0.1, 0.15) is 17.5 Å². The Labute approximate surface area is 129 Å². The van der Waals surface area contributed by atoms with E-state index in [0.717, 1.165) is 12.8 Å². The van der Waals surface area contributed by atoms with E-state index in [1.54, 1.807) is 0 Å². The van der Waals surface area contributed by atoms with Gasteiger partial charge in [-0.1, -0.05) is 36.4 Å². The van der Waals surface area contributed by atoms with E-state index in [-0.39, 0.29) is 17.7 Å². The lowest BCUT2D eigenvalue weighted by Gasteiger charge is -2.35. The number of fused-ring (bicyclic) bond motifs is 3. The number of allylic oxidation sites excluding steroid dienone is 2. The van der Waals surface area contributed by atoms with Crippen LogP contribution in [0.3, 0.4) is 0 Å². The summed E-state index contributed by atoms with van der Waals surface area (Å²) in [6, 6.07) is 8.15. The summed E-state index contributed by atoms with van der Waals surface area (Å²) >= 11 is 0. The van der Waals surface area contributed by atoms with E-state index in [4.69, 9.17) is 0 Å². The third kappa shape index (κ3) is 1.97. The molecule has 0 radical (unpaired) electrons. The van der Waals surface area contributed by atoms with E-state index >= 15 is 0 Å². The lowest BCUT2D eigenvalue weighted by atomic mass is 9.81. The molecule has 1 saturated carbocycles. The highest BCUT2D eigenvalue weighted by Crippen LogP contribution is 2.48. The van der Waals surface area contributed by atoms with Crippen LogP contribution in [-0.4, -0.2) is 23.3 Å². The number of amides is 1. The summed E-state index contributed by atoms with van der Waals surface area (Å²) in [4.78, 5) is 26.2. The maximum absolute atomic E-state index is 12.9. The Hall–Kier alpha value is -2.10. The third-order valence-electron chi connectivity index (χ3n) is 5.46. The fourth-order valence-corrected chi connectivity index (χ4v) is 4.37. The summed E-state index contributed by atoms with van der Waals surface area (Å²) in [6.45, 7) is 1.26. The van der Waals surface area contributed by atoms with Crippen LogP contribution >= 0.6 is 0 Å². The van der Waals surface area contributed by atoms with Gasteiger partial charge in [0.2, 0.25) is 5.91 Å². The quantitative estimate of drug-likeness (QED) is 0.757. The second kappa shape index (κ2) is 4.97. The number of carbonyl (C=O) groups is 2. The van der Waals surface area contributed by atoms with Crippen molar-refractivity contribution in [2.24, 2.45) is 23.7 Å². The van der Waals surface area contributed by atoms with Crippen molar-refractivity contribution < 1.29 is 14.7 Å². The monoisotopic (exact) mass is 296 g/mol. The SMILES string of the molecule is O=C([O-])[C@@H]1[C@@H](C(=O)N2CCc3ccccc3C2)[C@@H]2C=C[C@H]1C2. The van der Waals surface area contributed by atoms with Crippen molar-refractivity contribution >= 4 is 11.9 Å². The fraction of sp³-hybridized carbons (Fsp3) is 0.444. The molecule has 114 valence electrons. The molecule has 1 aromatic carbocycles. The van der Waals surface area contributed by atoms with Gasteiger partial charge in [0.25, 0.3) is 0 Å². The zero-order valence-corrected chi connectivity index (χ0v) is 12.3. The van der Waals surface area contributed by atoms with Gasteiger partial charge in [0.05, 0.1) is 5.92 Å². The Kier molecular flexibility index (Phi) is 3.06. The maximum atomic E-state index is 12.9. The first-order valence-corrected chi connectivity index (χ1v) is 7.90. The van der Waals surface area contributed by atoms with E-state index in [1.807, 2.05) is 35.3 Å². The van der Waals surface area contributed by atoms with E-state index in [1.165, 1.54) is 11.1 Å². The highest BCUT2D eigenvalue weighted by Gasteiger charge is 2.49. The molecule has 4 nitrogen and oxygen atoms in total. The standard InChI is InChI=1S/C18H19NO3/c20-17(15-12-5-6-13(9-12)16(15)18(21)22)19-8-7-11-3-1-2-4-14(11)10-19/h1-6,12-13,15-16H,7-10H2,(H,21,22)/p-1/t12-,13+,15+,16+/m1/s1. The molecule has 0 N–H and O–H groups in total. The second-order valence-corrected chi connectivity index (χ2v) is 6.60. The van der Waals surface area contributed by atoms with Gasteiger partial charge in [0.1, 0.15) is 0 Å². The first-order chi connectivity index (χ1) is 10.6. The number of carbonyl (C=O) groups excluding carboxylic acids is 2. The first-order valence-electron chi connectivity index (χ1n) is 7.90. The summed E-state index contributed by atoms with van der Waals surface area (Å²) in [5.74, 6) is -2.14. The molecule has 1 fully saturated rings. The van der Waals surface area contributed by atoms with Crippen molar-refractivity contribution in [3.05, 3.63) is 47.5 Å². The topological polar surface area (TPSA) is 60.4 Å². The molecule has 0 saturated heterocycles. The van der Waals surface area contributed by atoms with Crippen molar-refractivity contribution in [2.75, 3.05) is 6.54 Å². The van der Waals surface area contributed by atoms with Crippen LogP contribution in [0.4, 0.5) is 0 Å². The summed E-state index contributed by atoms with van der Waals surface area (Å²) in [5.41, 5.74) is 2.46. The van der Waals surface area contributed by atoms with Crippen molar-refractivity contribution in [3.63, 3.8) is 0 Å². The molecule has 22 heavy (non-hydrogen) atoms. The molecule has 2 aliphatic carbocycles. The number of nitrogens with zero attached hydrogens (tertiary/aromatic N) is 1. The summed E-state index contributed by atoms with van der Waals surface area (Å²) in [6.07, 6.45) is 5.58. The average Bonchev–Trinajstić information content (AvgIpc) is 3.14. The van der Waals surface area contributed by atoms with Gasteiger partial charge in [-0.25, -0.2) is 0 Å². The molecular weight excluding hydrogens is 278 g/mol. The molecule has 1 aromatic rings. The average molecular weight is 296 g/mol. The molecule has 3 aliphatic rings. The Morgan fingerprint density at radius 3 is 2.45 bits per heavy atom. The molecule has 4 atom stereocenters. The minimum Gasteiger partial charge on any atom is -0.550 e. The lowest BCUT2D eigenvalue weighted by Crippen LogP contribution is -2.47. The van der Waals surface area contributed by atoms with Gasteiger partial charge in [0.15, 0.2) is 0 Å². The summed E-state index contributed by atoms with van der Waals surface area (Å²) in [7, 11) is 0. The van der Waals surface area contributed by atoms with Gasteiger partial charge in [0, 0.05) is 25.0 Å². The Morgan fingerprint density at radius 2 is 1.73 bits per heavy atom. The van der Waals surface area contributed by atoms with E-state index in [9.17, 15) is 14.7 Å². The molecule has 0 spiro atoms. The minimum atomic E-state index is -1.08. The Balaban J connectivity index is 1.58. The number of hydrogen-bond acceptors (Lipinski definition) is 3. The number of carboxylic acid groups (broad SMARTS) is 1. The lowest BCUT2D eigenvalue weighted by molar-refractivity contribution is -0.313. The zero-order chi connectivity index (χ0) is 15.3. The largest absolute Gasteiger partial charge is 0.550 e. The van der Waals surface area contributed by atoms with Crippen LogP contribution in [0.15, 0.2) is 36.4 Å². The second-order valence-electron chi connectivity index (χ2n) is 6.60. The fourth-order valence-electron chi connectivity index (χ4n) is 4.37. The minimum absolute atomic E-state index is 0.0134. The zero-order valence-electron chi connectivity index (χ0n) is 12.3. The predicted octanol–water partition coefficient (Wildman–Crippen LogP) is 0.760. The van der Waals surface area contributed by atoms with Gasteiger partial charge in [-0.2, -0.15) is 0 Å². The molecule has 1 heterocycles. The van der Waals surface area contributed by atoms with Crippen LogP contribution in [0.5, 0.6) is 0 Å². The van der Waals surface area contributed by atoms with E-state index in [2.05, 4.69) is 6.07 Å². The molecule has 1 aliphatic heterocycles. The predicted molar refractivity (Wildman–Crippen MR) is 78.3 cm³/mol. The van der Waals surface area contributed by atoms with Crippen molar-refractivity contribution in [1.29, 1.82) is 0 Å². The van der Waals surface area contributed by atoms with Crippen molar-refractivity contribution in [3.8, 4) is 0 Å². The van der Waals surface area contributed by atoms with Gasteiger partial charge in [-0.3, -0.25) is 4.79 Å². The van der Waals surface area contributed by atoms with Gasteiger partial charge >= 0.3 is 0 Å². The van der Waals surface area contributed by atoms with Crippen LogP contribution in [-0.2, 0) is 22.6 Å².